The molecule has 0 amide bonds. The average Bonchev–Trinajstić information content (AvgIpc) is 3.30. The fourth-order valence-electron chi connectivity index (χ4n) is 3.84. The van der Waals surface area contributed by atoms with Gasteiger partial charge in [0.2, 0.25) is 0 Å². The largest absolute Gasteiger partial charge is 0.346 e. The fourth-order valence-corrected chi connectivity index (χ4v) is 4.08. The van der Waals surface area contributed by atoms with Crippen LogP contribution < -0.4 is 5.32 Å². The summed E-state index contributed by atoms with van der Waals surface area (Å²) < 4.78 is 15.8. The Balaban J connectivity index is 1.52. The van der Waals surface area contributed by atoms with Gasteiger partial charge in [-0.25, -0.2) is 4.39 Å². The van der Waals surface area contributed by atoms with Crippen molar-refractivity contribution in [1.29, 1.82) is 0 Å². The molecule has 0 bridgehead atoms. The molecular weight excluding hydrogens is 457 g/mol. The number of para-hydroxylation sites is 1. The van der Waals surface area contributed by atoms with E-state index in [-0.39, 0.29) is 5.82 Å². The topological polar surface area (TPSA) is 55.6 Å². The molecule has 0 aliphatic heterocycles. The molecule has 1 N–H and O–H groups in total. The van der Waals surface area contributed by atoms with E-state index in [0.29, 0.717) is 17.2 Å². The van der Waals surface area contributed by atoms with Crippen LogP contribution in [-0.4, -0.2) is 24.7 Å². The van der Waals surface area contributed by atoms with Crippen LogP contribution in [0.25, 0.3) is 33.8 Å². The van der Waals surface area contributed by atoms with E-state index in [1.807, 2.05) is 73.8 Å². The molecule has 0 saturated carbocycles. The summed E-state index contributed by atoms with van der Waals surface area (Å²) in [5.41, 5.74) is 6.54. The van der Waals surface area contributed by atoms with Crippen molar-refractivity contribution in [2.24, 2.45) is 0 Å². The third kappa shape index (κ3) is 5.15. The molecule has 2 aromatic carbocycles. The monoisotopic (exact) mass is 479 g/mol. The third-order valence-corrected chi connectivity index (χ3v) is 5.72. The second-order valence-electron chi connectivity index (χ2n) is 8.08. The Bertz CT molecular complexity index is 1500. The lowest BCUT2D eigenvalue weighted by Gasteiger charge is -2.08. The van der Waals surface area contributed by atoms with Crippen LogP contribution in [0.4, 0.5) is 10.1 Å². The van der Waals surface area contributed by atoms with Gasteiger partial charge in [0.25, 0.3) is 0 Å². The summed E-state index contributed by atoms with van der Waals surface area (Å²) in [4.78, 5) is 9.70. The number of aryl methyl sites for hydroxylation is 1. The first-order chi connectivity index (χ1) is 17.1. The Morgan fingerprint density at radius 1 is 0.914 bits per heavy atom. The minimum absolute atomic E-state index is 0.291. The Morgan fingerprint density at radius 3 is 2.51 bits per heavy atom. The molecule has 0 unspecified atom stereocenters. The van der Waals surface area contributed by atoms with Crippen LogP contribution in [0.15, 0.2) is 97.3 Å². The molecule has 5 rings (SSSR count). The highest BCUT2D eigenvalue weighted by Crippen LogP contribution is 2.32. The van der Waals surface area contributed by atoms with E-state index in [1.165, 1.54) is 6.07 Å². The van der Waals surface area contributed by atoms with Crippen molar-refractivity contribution in [1.82, 2.24) is 19.7 Å². The van der Waals surface area contributed by atoms with Crippen LogP contribution in [0, 0.1) is 12.7 Å². The lowest BCUT2D eigenvalue weighted by molar-refractivity contribution is 0.632. The number of nitrogens with one attached hydrogen (secondary N) is 1. The van der Waals surface area contributed by atoms with Crippen molar-refractivity contribution in [2.75, 3.05) is 5.32 Å². The molecule has 0 atom stereocenters. The molecule has 0 fully saturated rings. The Kier molecular flexibility index (Phi) is 6.41. The summed E-state index contributed by atoms with van der Waals surface area (Å²) in [6, 6.07) is 26.4. The maximum absolute atomic E-state index is 14.1. The summed E-state index contributed by atoms with van der Waals surface area (Å²) in [6.07, 6.45) is 3.74. The molecule has 0 aliphatic carbocycles. The predicted octanol–water partition coefficient (Wildman–Crippen LogP) is 6.56. The maximum Gasteiger partial charge on any atom is 0.146 e. The molecule has 0 spiro atoms. The molecule has 5 aromatic rings. The zero-order chi connectivity index (χ0) is 24.2. The molecule has 35 heavy (non-hydrogen) atoms. The van der Waals surface area contributed by atoms with Crippen molar-refractivity contribution < 1.29 is 4.39 Å². The van der Waals surface area contributed by atoms with Gasteiger partial charge in [0, 0.05) is 29.2 Å². The van der Waals surface area contributed by atoms with E-state index in [0.717, 1.165) is 39.5 Å². The first-order valence-electron chi connectivity index (χ1n) is 11.1. The molecule has 0 aliphatic rings. The van der Waals surface area contributed by atoms with Gasteiger partial charge in [0.1, 0.15) is 16.5 Å². The number of thiocarbonyl (C=S) groups is 1. The summed E-state index contributed by atoms with van der Waals surface area (Å²) in [5.74, 6) is -0.356. The molecular formula is C28H22FN5S. The van der Waals surface area contributed by atoms with Crippen LogP contribution in [-0.2, 0) is 6.54 Å². The van der Waals surface area contributed by atoms with E-state index >= 15 is 0 Å². The lowest BCUT2D eigenvalue weighted by Crippen LogP contribution is -2.17. The third-order valence-electron chi connectivity index (χ3n) is 5.49. The molecule has 0 radical (unpaired) electrons. The molecule has 5 nitrogen and oxygen atoms in total. The summed E-state index contributed by atoms with van der Waals surface area (Å²) in [6.45, 7) is 2.24. The zero-order valence-corrected chi connectivity index (χ0v) is 19.8. The SMILES string of the molecule is Cc1cccc(-c2nn(CC(=S)Nc3ccccc3F)cc2-c2ccnc(-c3ccccc3)c2)n1. The zero-order valence-electron chi connectivity index (χ0n) is 19.0. The van der Waals surface area contributed by atoms with E-state index < -0.39 is 0 Å². The van der Waals surface area contributed by atoms with Crippen molar-refractivity contribution in [2.45, 2.75) is 13.5 Å². The van der Waals surface area contributed by atoms with Gasteiger partial charge in [-0.15, -0.1) is 0 Å². The highest BCUT2D eigenvalue weighted by atomic mass is 32.1. The van der Waals surface area contributed by atoms with Gasteiger partial charge >= 0.3 is 0 Å². The molecule has 7 heteroatoms. The Labute approximate surface area is 208 Å². The molecule has 172 valence electrons. The van der Waals surface area contributed by atoms with Gasteiger partial charge in [-0.3, -0.25) is 14.6 Å². The van der Waals surface area contributed by atoms with Crippen molar-refractivity contribution in [3.63, 3.8) is 0 Å². The minimum Gasteiger partial charge on any atom is -0.346 e. The quantitative estimate of drug-likeness (QED) is 0.280. The maximum atomic E-state index is 14.1. The number of anilines is 1. The second-order valence-corrected chi connectivity index (χ2v) is 8.57. The van der Waals surface area contributed by atoms with Crippen LogP contribution in [0.3, 0.4) is 0 Å². The van der Waals surface area contributed by atoms with Gasteiger partial charge in [0.05, 0.1) is 23.6 Å². The number of benzene rings is 2. The average molecular weight is 480 g/mol. The summed E-state index contributed by atoms with van der Waals surface area (Å²) >= 11 is 5.50. The van der Waals surface area contributed by atoms with Crippen LogP contribution in [0.5, 0.6) is 0 Å². The molecule has 3 heterocycles. The van der Waals surface area contributed by atoms with E-state index in [1.54, 1.807) is 29.1 Å². The predicted molar refractivity (Wildman–Crippen MR) is 141 cm³/mol. The summed E-state index contributed by atoms with van der Waals surface area (Å²) in [5, 5.41) is 7.79. The second kappa shape index (κ2) is 9.95. The number of aromatic nitrogens is 4. The van der Waals surface area contributed by atoms with Crippen molar-refractivity contribution in [3.05, 3.63) is 109 Å². The smallest absolute Gasteiger partial charge is 0.146 e. The van der Waals surface area contributed by atoms with Crippen LogP contribution >= 0.6 is 12.2 Å². The van der Waals surface area contributed by atoms with E-state index in [9.17, 15) is 4.39 Å². The Morgan fingerprint density at radius 2 is 1.71 bits per heavy atom. The highest BCUT2D eigenvalue weighted by Gasteiger charge is 2.16. The van der Waals surface area contributed by atoms with Gasteiger partial charge in [-0.05, 0) is 48.9 Å². The van der Waals surface area contributed by atoms with E-state index in [4.69, 9.17) is 22.3 Å². The normalized spacial score (nSPS) is 10.8. The standard InChI is InChI=1S/C28H22FN5S/c1-19-8-7-13-25(31-19)28-22(21-14-15-30-26(16-21)20-9-3-2-4-10-20)17-34(33-28)18-27(35)32-24-12-6-5-11-23(24)29/h2-17H,18H2,1H3,(H,32,35). The van der Waals surface area contributed by atoms with E-state index in [2.05, 4.69) is 10.3 Å². The minimum atomic E-state index is -0.356. The summed E-state index contributed by atoms with van der Waals surface area (Å²) in [7, 11) is 0. The van der Waals surface area contributed by atoms with Crippen LogP contribution in [0.1, 0.15) is 5.69 Å². The number of rotatable bonds is 6. The number of pyridine rings is 2. The van der Waals surface area contributed by atoms with Gasteiger partial charge < -0.3 is 5.32 Å². The van der Waals surface area contributed by atoms with Gasteiger partial charge in [-0.2, -0.15) is 5.10 Å². The highest BCUT2D eigenvalue weighted by molar-refractivity contribution is 7.80. The molecule has 3 aromatic heterocycles. The molecule has 0 saturated heterocycles. The first-order valence-corrected chi connectivity index (χ1v) is 11.6. The number of nitrogens with zero attached hydrogens (tertiary/aromatic N) is 4. The lowest BCUT2D eigenvalue weighted by atomic mass is 10.0. The van der Waals surface area contributed by atoms with Crippen molar-refractivity contribution >= 4 is 22.9 Å². The van der Waals surface area contributed by atoms with Gasteiger partial charge in [0.15, 0.2) is 0 Å². The van der Waals surface area contributed by atoms with Gasteiger partial charge in [-0.1, -0.05) is 60.7 Å². The number of hydrogen-bond donors (Lipinski definition) is 1. The van der Waals surface area contributed by atoms with Crippen molar-refractivity contribution in [3.8, 4) is 33.8 Å². The first kappa shape index (κ1) is 22.6. The Hall–Kier alpha value is -4.23. The number of hydrogen-bond acceptors (Lipinski definition) is 4. The fraction of sp³-hybridized carbons (Fsp3) is 0.0714. The van der Waals surface area contributed by atoms with Crippen LogP contribution in [0.2, 0.25) is 0 Å². The number of halogens is 1.